The monoisotopic (exact) mass is 1000 g/mol. The van der Waals surface area contributed by atoms with Gasteiger partial charge in [-0.2, -0.15) is 4.72 Å². The fourth-order valence-electron chi connectivity index (χ4n) is 8.29. The zero-order valence-corrected chi connectivity index (χ0v) is 39.6. The Morgan fingerprint density at radius 2 is 1.21 bits per heavy atom. The van der Waals surface area contributed by atoms with E-state index in [1.54, 1.807) is 60.8 Å². The molecule has 3 atom stereocenters. The van der Waals surface area contributed by atoms with Crippen LogP contribution in [0.5, 0.6) is 0 Å². The van der Waals surface area contributed by atoms with Crippen LogP contribution in [0.1, 0.15) is 76.8 Å². The van der Waals surface area contributed by atoms with Gasteiger partial charge in [0.05, 0.1) is 16.0 Å². The summed E-state index contributed by atoms with van der Waals surface area (Å²) in [5.41, 5.74) is 4.94. The van der Waals surface area contributed by atoms with Gasteiger partial charge in [0.2, 0.25) is 10.0 Å². The normalized spacial score (nSPS) is 14.3. The number of amides is 3. The molecule has 7 aromatic rings. The average Bonchev–Trinajstić information content (AvgIpc) is 3.98. The third kappa shape index (κ3) is 12.7. The number of rotatable bonds is 15. The molecule has 0 bridgehead atoms. The second-order valence-electron chi connectivity index (χ2n) is 16.7. The smallest absolute Gasteiger partial charge is 0.327 e. The summed E-state index contributed by atoms with van der Waals surface area (Å²) in [6.07, 6.45) is 7.63. The first-order valence-corrected chi connectivity index (χ1v) is 24.9. The van der Waals surface area contributed by atoms with Gasteiger partial charge in [-0.05, 0) is 90.8 Å². The molecule has 0 spiro atoms. The van der Waals surface area contributed by atoms with Gasteiger partial charge in [0.1, 0.15) is 28.8 Å². The Morgan fingerprint density at radius 1 is 0.662 bits per heavy atom. The standard InChI is InChI=1S/C19H14N2O4.C19H21NO3S.C15H14FNO4S/c22-17-13-6-1-2-7-14(13)18(23)21(17)16(19(24)25)9-11-10-20-15-8-4-3-5-12(11)15;21-18(17-12-14-9-5-2-6-10-16(14)24-17)20-15(19(22)23)11-13-7-3-1-4-8-13;16-12-8-4-5-9-14(12)22(20,21)17-13(15(18)19)10-11-6-2-1-3-7-11/h1-8,10,16,20H,9H2,(H,24,25);1,3-4,7-8,12,15H,2,5-6,9-11H2,(H,20,21)(H,22,23);1-9,13,17H,10H2,(H,18,19)/t16-;15-;13-/m111/s1. The van der Waals surface area contributed by atoms with E-state index in [1.807, 2.05) is 65.4 Å². The predicted octanol–water partition coefficient (Wildman–Crippen LogP) is 7.70. The van der Waals surface area contributed by atoms with Gasteiger partial charge in [-0.25, -0.2) is 22.4 Å². The van der Waals surface area contributed by atoms with Gasteiger partial charge >= 0.3 is 17.9 Å². The molecule has 0 saturated heterocycles. The molecule has 0 fully saturated rings. The molecule has 71 heavy (non-hydrogen) atoms. The van der Waals surface area contributed by atoms with Crippen molar-refractivity contribution >= 4 is 67.9 Å². The van der Waals surface area contributed by atoms with Crippen LogP contribution in [0.3, 0.4) is 0 Å². The summed E-state index contributed by atoms with van der Waals surface area (Å²) in [4.78, 5) is 77.5. The third-order valence-corrected chi connectivity index (χ3v) is 14.6. The number of sulfonamides is 1. The summed E-state index contributed by atoms with van der Waals surface area (Å²) in [5.74, 6) is -5.88. The van der Waals surface area contributed by atoms with E-state index in [0.717, 1.165) is 58.3 Å². The Labute approximate surface area is 412 Å². The number of aryl methyl sites for hydroxylation is 2. The molecule has 366 valence electrons. The Bertz CT molecular complexity index is 3120. The lowest BCUT2D eigenvalue weighted by Gasteiger charge is -2.22. The van der Waals surface area contributed by atoms with Crippen LogP contribution in [-0.2, 0) is 56.5 Å². The molecule has 0 unspecified atom stereocenters. The van der Waals surface area contributed by atoms with Crippen molar-refractivity contribution in [3.63, 3.8) is 0 Å². The summed E-state index contributed by atoms with van der Waals surface area (Å²) in [6.45, 7) is 0. The topological polar surface area (TPSA) is 240 Å². The van der Waals surface area contributed by atoms with Crippen molar-refractivity contribution in [1.82, 2.24) is 19.9 Å². The molecular formula is C53H49FN4O11S2. The summed E-state index contributed by atoms with van der Waals surface area (Å²) in [5, 5.41) is 31.8. The number of halogens is 1. The van der Waals surface area contributed by atoms with Gasteiger partial charge in [0, 0.05) is 34.8 Å². The number of carbonyl (C=O) groups excluding carboxylic acids is 3. The van der Waals surface area contributed by atoms with E-state index in [-0.39, 0.29) is 36.3 Å². The van der Waals surface area contributed by atoms with Crippen LogP contribution in [0, 0.1) is 5.82 Å². The van der Waals surface area contributed by atoms with Crippen molar-refractivity contribution in [3.8, 4) is 0 Å². The van der Waals surface area contributed by atoms with Crippen LogP contribution in [0.2, 0.25) is 0 Å². The van der Waals surface area contributed by atoms with Crippen molar-refractivity contribution < 1.29 is 56.9 Å². The summed E-state index contributed by atoms with van der Waals surface area (Å²) < 4.78 is 39.9. The lowest BCUT2D eigenvalue weighted by atomic mass is 10.0. The van der Waals surface area contributed by atoms with Gasteiger partial charge in [-0.3, -0.25) is 24.1 Å². The van der Waals surface area contributed by atoms with E-state index >= 15 is 0 Å². The SMILES string of the molecule is O=C(N[C@H](Cc1ccccc1)C(=O)O)c1cc2c(s1)CCCCC2.O=C(O)[C@@H](Cc1c[nH]c2ccccc12)N1C(=O)c2ccccc2C1=O.O=C(O)[C@@H](Cc1ccccc1)NS(=O)(=O)c1ccccc1F. The van der Waals surface area contributed by atoms with Crippen LogP contribution < -0.4 is 10.0 Å². The second kappa shape index (κ2) is 23.2. The number of fused-ring (bicyclic) bond motifs is 3. The van der Waals surface area contributed by atoms with Crippen molar-refractivity contribution in [2.45, 2.75) is 74.4 Å². The quantitative estimate of drug-likeness (QED) is 0.0430. The summed E-state index contributed by atoms with van der Waals surface area (Å²) >= 11 is 1.51. The molecule has 1 aliphatic carbocycles. The number of aromatic amines is 1. The highest BCUT2D eigenvalue weighted by Gasteiger charge is 2.43. The summed E-state index contributed by atoms with van der Waals surface area (Å²) in [7, 11) is -4.26. The highest BCUT2D eigenvalue weighted by molar-refractivity contribution is 7.89. The van der Waals surface area contributed by atoms with Crippen molar-refractivity contribution in [2.75, 3.05) is 0 Å². The molecule has 2 aromatic heterocycles. The number of hydrogen-bond donors (Lipinski definition) is 6. The highest BCUT2D eigenvalue weighted by atomic mass is 32.2. The number of H-pyrrole nitrogens is 1. The minimum atomic E-state index is -4.26. The number of carboxylic acid groups (broad SMARTS) is 3. The second-order valence-corrected chi connectivity index (χ2v) is 19.6. The summed E-state index contributed by atoms with van der Waals surface area (Å²) in [6, 6.07) is 35.0. The van der Waals surface area contributed by atoms with Gasteiger partial charge in [-0.1, -0.05) is 110 Å². The Kier molecular flexibility index (Phi) is 16.7. The first kappa shape index (κ1) is 51.1. The Hall–Kier alpha value is -7.80. The van der Waals surface area contributed by atoms with Crippen LogP contribution in [0.15, 0.2) is 151 Å². The van der Waals surface area contributed by atoms with E-state index in [1.165, 1.54) is 46.8 Å². The zero-order chi connectivity index (χ0) is 50.7. The van der Waals surface area contributed by atoms with Gasteiger partial charge in [-0.15, -0.1) is 11.3 Å². The highest BCUT2D eigenvalue weighted by Crippen LogP contribution is 2.30. The molecule has 5 aromatic carbocycles. The van der Waals surface area contributed by atoms with Crippen molar-refractivity contribution in [2.24, 2.45) is 0 Å². The number of thiophene rings is 1. The Balaban J connectivity index is 0.000000157. The molecule has 6 N–H and O–H groups in total. The van der Waals surface area contributed by atoms with Crippen LogP contribution in [0.4, 0.5) is 4.39 Å². The van der Waals surface area contributed by atoms with E-state index in [9.17, 15) is 56.9 Å². The van der Waals surface area contributed by atoms with Crippen LogP contribution in [0.25, 0.3) is 10.9 Å². The van der Waals surface area contributed by atoms with E-state index < -0.39 is 68.6 Å². The maximum Gasteiger partial charge on any atom is 0.327 e. The number of benzene rings is 5. The number of carbonyl (C=O) groups is 6. The molecule has 2 aliphatic rings. The number of nitrogens with one attached hydrogen (secondary N) is 3. The van der Waals surface area contributed by atoms with E-state index in [0.29, 0.717) is 10.4 Å². The minimum absolute atomic E-state index is 0.0378. The van der Waals surface area contributed by atoms with Crippen molar-refractivity contribution in [3.05, 3.63) is 195 Å². The lowest BCUT2D eigenvalue weighted by Crippen LogP contribution is -2.46. The number of imide groups is 1. The molecule has 1 aliphatic heterocycles. The maximum absolute atomic E-state index is 13.6. The number of para-hydroxylation sites is 1. The molecule has 15 nitrogen and oxygen atoms in total. The molecule has 3 amide bonds. The first-order valence-electron chi connectivity index (χ1n) is 22.6. The number of carboxylic acids is 3. The lowest BCUT2D eigenvalue weighted by molar-refractivity contribution is -0.141. The third-order valence-electron chi connectivity index (χ3n) is 11.9. The van der Waals surface area contributed by atoms with Gasteiger partial charge < -0.3 is 25.6 Å². The van der Waals surface area contributed by atoms with E-state index in [2.05, 4.69) is 10.3 Å². The maximum atomic E-state index is 13.6. The largest absolute Gasteiger partial charge is 0.480 e. The average molecular weight is 1000 g/mol. The Morgan fingerprint density at radius 3 is 1.82 bits per heavy atom. The fraction of sp³-hybridized carbons (Fsp3) is 0.208. The first-order chi connectivity index (χ1) is 34.1. The molecule has 0 radical (unpaired) electrons. The zero-order valence-electron chi connectivity index (χ0n) is 38.0. The number of aromatic nitrogens is 1. The number of aliphatic carboxylic acids is 3. The van der Waals surface area contributed by atoms with E-state index in [4.69, 9.17) is 0 Å². The number of hydrogen-bond acceptors (Lipinski definition) is 9. The molecule has 0 saturated carbocycles. The molecular weight excluding hydrogens is 952 g/mol. The van der Waals surface area contributed by atoms with Crippen LogP contribution >= 0.6 is 11.3 Å². The molecule has 9 rings (SSSR count). The molecule has 18 heteroatoms. The predicted molar refractivity (Wildman–Crippen MR) is 263 cm³/mol. The van der Waals surface area contributed by atoms with Crippen molar-refractivity contribution in [1.29, 1.82) is 0 Å². The van der Waals surface area contributed by atoms with Gasteiger partial charge in [0.15, 0.2) is 0 Å². The number of nitrogens with zero attached hydrogens (tertiary/aromatic N) is 1. The minimum Gasteiger partial charge on any atom is -0.480 e. The van der Waals surface area contributed by atoms with Crippen LogP contribution in [-0.4, -0.2) is 87.4 Å². The molecule has 3 heterocycles. The fourth-order valence-corrected chi connectivity index (χ4v) is 10.7. The van der Waals surface area contributed by atoms with Gasteiger partial charge in [0.25, 0.3) is 17.7 Å².